The van der Waals surface area contributed by atoms with Gasteiger partial charge in [0.05, 0.1) is 16.3 Å². The molecule has 0 saturated heterocycles. The van der Waals surface area contributed by atoms with Crippen molar-refractivity contribution in [2.45, 2.75) is 6.92 Å². The highest BCUT2D eigenvalue weighted by molar-refractivity contribution is 9.10. The number of anilines is 1. The second kappa shape index (κ2) is 7.47. The third kappa shape index (κ3) is 3.53. The largest absolute Gasteiger partial charge is 0.284 e. The predicted octanol–water partition coefficient (Wildman–Crippen LogP) is 5.89. The second-order valence-corrected chi connectivity index (χ2v) is 7.21. The molecule has 24 heavy (non-hydrogen) atoms. The van der Waals surface area contributed by atoms with Crippen LogP contribution in [0.3, 0.4) is 0 Å². The Morgan fingerprint density at radius 3 is 2.58 bits per heavy atom. The second-order valence-electron chi connectivity index (χ2n) is 5.05. The van der Waals surface area contributed by atoms with Crippen molar-refractivity contribution in [3.05, 3.63) is 69.0 Å². The molecule has 0 aliphatic heterocycles. The Morgan fingerprint density at radius 2 is 1.92 bits per heavy atom. The molecule has 1 heterocycles. The van der Waals surface area contributed by atoms with Crippen LogP contribution in [-0.2, 0) is 0 Å². The van der Waals surface area contributed by atoms with E-state index in [1.54, 1.807) is 17.0 Å². The molecule has 0 aliphatic carbocycles. The summed E-state index contributed by atoms with van der Waals surface area (Å²) >= 11 is 11.0. The van der Waals surface area contributed by atoms with Gasteiger partial charge in [-0.3, -0.25) is 9.69 Å². The van der Waals surface area contributed by atoms with Crippen molar-refractivity contribution in [3.8, 4) is 11.3 Å². The van der Waals surface area contributed by atoms with E-state index in [1.807, 2.05) is 48.7 Å². The summed E-state index contributed by atoms with van der Waals surface area (Å²) < 4.78 is 1.02. The Hall–Kier alpha value is -1.69. The first kappa shape index (κ1) is 17.1. The third-order valence-corrected chi connectivity index (χ3v) is 5.25. The van der Waals surface area contributed by atoms with Gasteiger partial charge >= 0.3 is 0 Å². The zero-order valence-corrected chi connectivity index (χ0v) is 16.0. The molecule has 0 unspecified atom stereocenters. The predicted molar refractivity (Wildman–Crippen MR) is 104 cm³/mol. The van der Waals surface area contributed by atoms with E-state index in [2.05, 4.69) is 20.9 Å². The minimum atomic E-state index is -0.139. The molecular weight excluding hydrogens is 408 g/mol. The number of nitrogens with zero attached hydrogens (tertiary/aromatic N) is 2. The van der Waals surface area contributed by atoms with Crippen molar-refractivity contribution >= 4 is 49.9 Å². The third-order valence-electron chi connectivity index (χ3n) is 3.53. The van der Waals surface area contributed by atoms with Gasteiger partial charge in [0.2, 0.25) is 0 Å². The van der Waals surface area contributed by atoms with E-state index in [0.29, 0.717) is 22.3 Å². The molecule has 1 amide bonds. The molecule has 3 rings (SSSR count). The van der Waals surface area contributed by atoms with E-state index in [-0.39, 0.29) is 5.91 Å². The van der Waals surface area contributed by atoms with Crippen LogP contribution in [0.5, 0.6) is 0 Å². The summed E-state index contributed by atoms with van der Waals surface area (Å²) in [6.07, 6.45) is 0. The van der Waals surface area contributed by atoms with Gasteiger partial charge in [0, 0.05) is 22.0 Å². The van der Waals surface area contributed by atoms with E-state index >= 15 is 0 Å². The molecule has 0 radical (unpaired) electrons. The lowest BCUT2D eigenvalue weighted by atomic mass is 10.2. The number of aromatic nitrogens is 1. The van der Waals surface area contributed by atoms with E-state index in [9.17, 15) is 4.79 Å². The Balaban J connectivity index is 1.91. The molecule has 0 atom stereocenters. The fraction of sp³-hybridized carbons (Fsp3) is 0.111. The van der Waals surface area contributed by atoms with Crippen LogP contribution < -0.4 is 4.90 Å². The molecule has 3 aromatic rings. The average molecular weight is 422 g/mol. The normalized spacial score (nSPS) is 10.6. The number of halogens is 2. The Bertz CT molecular complexity index is 863. The highest BCUT2D eigenvalue weighted by Crippen LogP contribution is 2.30. The minimum Gasteiger partial charge on any atom is -0.284 e. The Morgan fingerprint density at radius 1 is 1.21 bits per heavy atom. The van der Waals surface area contributed by atoms with Crippen molar-refractivity contribution in [1.29, 1.82) is 0 Å². The SMILES string of the molecule is CCN(C(=O)c1ccccc1Cl)c1nc(-c2ccc(Br)cc2)cs1. The average Bonchev–Trinajstić information content (AvgIpc) is 3.06. The molecule has 2 aromatic carbocycles. The van der Waals surface area contributed by atoms with Crippen LogP contribution in [0, 0.1) is 0 Å². The van der Waals surface area contributed by atoms with Gasteiger partial charge in [-0.25, -0.2) is 4.98 Å². The number of rotatable bonds is 4. The van der Waals surface area contributed by atoms with Gasteiger partial charge in [-0.1, -0.05) is 51.8 Å². The van der Waals surface area contributed by atoms with Gasteiger partial charge in [0.15, 0.2) is 5.13 Å². The van der Waals surface area contributed by atoms with Crippen molar-refractivity contribution in [2.24, 2.45) is 0 Å². The minimum absolute atomic E-state index is 0.139. The molecule has 0 bridgehead atoms. The zero-order chi connectivity index (χ0) is 17.1. The van der Waals surface area contributed by atoms with E-state index in [0.717, 1.165) is 15.7 Å². The number of carbonyl (C=O) groups is 1. The molecule has 0 saturated carbocycles. The van der Waals surface area contributed by atoms with Gasteiger partial charge < -0.3 is 0 Å². The van der Waals surface area contributed by atoms with Crippen LogP contribution in [0.15, 0.2) is 58.4 Å². The van der Waals surface area contributed by atoms with Gasteiger partial charge in [0.1, 0.15) is 0 Å². The summed E-state index contributed by atoms with van der Waals surface area (Å²) in [4.78, 5) is 19.1. The number of hydrogen-bond donors (Lipinski definition) is 0. The number of hydrogen-bond acceptors (Lipinski definition) is 3. The van der Waals surface area contributed by atoms with Crippen LogP contribution in [0.4, 0.5) is 5.13 Å². The summed E-state index contributed by atoms with van der Waals surface area (Å²) in [6, 6.07) is 15.0. The van der Waals surface area contributed by atoms with Crippen molar-refractivity contribution in [3.63, 3.8) is 0 Å². The summed E-state index contributed by atoms with van der Waals surface area (Å²) in [7, 11) is 0. The standard InChI is InChI=1S/C18H14BrClN2OS/c1-2-22(17(23)14-5-3-4-6-15(14)20)18-21-16(11-24-18)12-7-9-13(19)10-8-12/h3-11H,2H2,1H3. The van der Waals surface area contributed by atoms with Crippen LogP contribution in [0.1, 0.15) is 17.3 Å². The smallest absolute Gasteiger partial charge is 0.261 e. The highest BCUT2D eigenvalue weighted by Gasteiger charge is 2.21. The van der Waals surface area contributed by atoms with Gasteiger partial charge in [-0.2, -0.15) is 0 Å². The van der Waals surface area contributed by atoms with Gasteiger partial charge in [0.25, 0.3) is 5.91 Å². The first-order valence-electron chi connectivity index (χ1n) is 7.38. The highest BCUT2D eigenvalue weighted by atomic mass is 79.9. The number of amides is 1. The van der Waals surface area contributed by atoms with E-state index in [1.165, 1.54) is 11.3 Å². The lowest BCUT2D eigenvalue weighted by Crippen LogP contribution is -2.30. The topological polar surface area (TPSA) is 33.2 Å². The Labute approximate surface area is 158 Å². The quantitative estimate of drug-likeness (QED) is 0.526. The van der Waals surface area contributed by atoms with Gasteiger partial charge in [-0.15, -0.1) is 11.3 Å². The first-order chi connectivity index (χ1) is 11.6. The molecule has 6 heteroatoms. The van der Waals surface area contributed by atoms with E-state index < -0.39 is 0 Å². The van der Waals surface area contributed by atoms with Gasteiger partial charge in [-0.05, 0) is 31.2 Å². The molecule has 0 N–H and O–H groups in total. The molecule has 1 aromatic heterocycles. The van der Waals surface area contributed by atoms with Crippen molar-refractivity contribution < 1.29 is 4.79 Å². The summed E-state index contributed by atoms with van der Waals surface area (Å²) in [6.45, 7) is 2.45. The van der Waals surface area contributed by atoms with Crippen LogP contribution in [0.2, 0.25) is 5.02 Å². The van der Waals surface area contributed by atoms with Crippen molar-refractivity contribution in [1.82, 2.24) is 4.98 Å². The van der Waals surface area contributed by atoms with Crippen LogP contribution in [-0.4, -0.2) is 17.4 Å². The molecule has 0 spiro atoms. The summed E-state index contributed by atoms with van der Waals surface area (Å²) in [5.74, 6) is -0.139. The first-order valence-corrected chi connectivity index (χ1v) is 9.43. The lowest BCUT2D eigenvalue weighted by Gasteiger charge is -2.18. The Kier molecular flexibility index (Phi) is 5.33. The van der Waals surface area contributed by atoms with Crippen molar-refractivity contribution in [2.75, 3.05) is 11.4 Å². The van der Waals surface area contributed by atoms with Crippen LogP contribution >= 0.6 is 38.9 Å². The fourth-order valence-electron chi connectivity index (χ4n) is 2.29. The molecule has 3 nitrogen and oxygen atoms in total. The summed E-state index contributed by atoms with van der Waals surface area (Å²) in [5, 5.41) is 3.08. The van der Waals surface area contributed by atoms with E-state index in [4.69, 9.17) is 11.6 Å². The maximum absolute atomic E-state index is 12.8. The molecule has 122 valence electrons. The lowest BCUT2D eigenvalue weighted by molar-refractivity contribution is 0.0988. The van der Waals surface area contributed by atoms with Crippen LogP contribution in [0.25, 0.3) is 11.3 Å². The molecule has 0 fully saturated rings. The number of benzene rings is 2. The maximum Gasteiger partial charge on any atom is 0.261 e. The monoisotopic (exact) mass is 420 g/mol. The molecular formula is C18H14BrClN2OS. The number of carbonyl (C=O) groups excluding carboxylic acids is 1. The zero-order valence-electron chi connectivity index (χ0n) is 12.9. The molecule has 0 aliphatic rings. The fourth-order valence-corrected chi connectivity index (χ4v) is 3.66. The number of thiazole rings is 1. The maximum atomic E-state index is 12.8. The summed E-state index contributed by atoms with van der Waals surface area (Å²) in [5.41, 5.74) is 2.36.